The fourth-order valence-corrected chi connectivity index (χ4v) is 2.13. The van der Waals surface area contributed by atoms with E-state index in [1.807, 2.05) is 0 Å². The molecular weight excluding hydrogens is 208 g/mol. The number of hydrogen-bond acceptors (Lipinski definition) is 6. The summed E-state index contributed by atoms with van der Waals surface area (Å²) in [6.07, 6.45) is 2.34. The van der Waals surface area contributed by atoms with Crippen molar-refractivity contribution in [1.29, 1.82) is 0 Å². The van der Waals surface area contributed by atoms with E-state index in [2.05, 4.69) is 20.4 Å². The first-order valence-corrected chi connectivity index (χ1v) is 5.84. The predicted octanol–water partition coefficient (Wildman–Crippen LogP) is 0.331. The molecule has 1 N–H and O–H groups in total. The highest BCUT2D eigenvalue weighted by Gasteiger charge is 2.24. The first kappa shape index (κ1) is 10.0. The van der Waals surface area contributed by atoms with E-state index < -0.39 is 0 Å². The van der Waals surface area contributed by atoms with Gasteiger partial charge in [0.1, 0.15) is 6.10 Å². The van der Waals surface area contributed by atoms with Crippen molar-refractivity contribution in [2.45, 2.75) is 18.9 Å². The second-order valence-corrected chi connectivity index (χ2v) is 4.19. The van der Waals surface area contributed by atoms with E-state index >= 15 is 0 Å². The summed E-state index contributed by atoms with van der Waals surface area (Å²) in [6, 6.07) is 0. The minimum atomic E-state index is -0.0856. The zero-order valence-electron chi connectivity index (χ0n) is 9.19. The average Bonchev–Trinajstić information content (AvgIpc) is 3.01. The average molecular weight is 224 g/mol. The number of anilines is 1. The van der Waals surface area contributed by atoms with Crippen molar-refractivity contribution in [3.05, 3.63) is 5.89 Å². The maximum Gasteiger partial charge on any atom is 0.266 e. The Labute approximate surface area is 93.9 Å². The topological polar surface area (TPSA) is 63.4 Å². The molecule has 1 aromatic rings. The summed E-state index contributed by atoms with van der Waals surface area (Å²) in [6.45, 7) is 4.41. The van der Waals surface area contributed by atoms with Crippen molar-refractivity contribution in [3.63, 3.8) is 0 Å². The molecule has 1 atom stereocenters. The normalized spacial score (nSPS) is 26.2. The SMILES string of the molecule is C1CCN(c2noc(C3CNCCO3)n2)C1. The van der Waals surface area contributed by atoms with Gasteiger partial charge in [-0.15, -0.1) is 0 Å². The molecule has 2 saturated heterocycles. The highest BCUT2D eigenvalue weighted by atomic mass is 16.5. The minimum absolute atomic E-state index is 0.0856. The van der Waals surface area contributed by atoms with Crippen molar-refractivity contribution < 1.29 is 9.26 Å². The van der Waals surface area contributed by atoms with Gasteiger partial charge in [0.25, 0.3) is 11.8 Å². The van der Waals surface area contributed by atoms with E-state index in [0.717, 1.165) is 26.2 Å². The van der Waals surface area contributed by atoms with Gasteiger partial charge in [-0.05, 0) is 18.0 Å². The number of morpholine rings is 1. The minimum Gasteiger partial charge on any atom is -0.366 e. The smallest absolute Gasteiger partial charge is 0.266 e. The van der Waals surface area contributed by atoms with Crippen LogP contribution in [0.2, 0.25) is 0 Å². The number of rotatable bonds is 2. The van der Waals surface area contributed by atoms with Crippen LogP contribution in [0.4, 0.5) is 5.95 Å². The molecular formula is C10H16N4O2. The summed E-state index contributed by atoms with van der Waals surface area (Å²) in [4.78, 5) is 6.56. The molecule has 0 radical (unpaired) electrons. The van der Waals surface area contributed by atoms with Crippen LogP contribution in [-0.4, -0.2) is 42.9 Å². The maximum absolute atomic E-state index is 5.56. The molecule has 0 saturated carbocycles. The first-order chi connectivity index (χ1) is 7.93. The maximum atomic E-state index is 5.56. The lowest BCUT2D eigenvalue weighted by Gasteiger charge is -2.20. The fraction of sp³-hybridized carbons (Fsp3) is 0.800. The van der Waals surface area contributed by atoms with Gasteiger partial charge in [-0.3, -0.25) is 0 Å². The van der Waals surface area contributed by atoms with Gasteiger partial charge in [-0.25, -0.2) is 0 Å². The molecule has 0 bridgehead atoms. The van der Waals surface area contributed by atoms with Gasteiger partial charge in [0, 0.05) is 26.2 Å². The summed E-state index contributed by atoms with van der Waals surface area (Å²) in [5.74, 6) is 1.30. The Bertz CT molecular complexity index is 342. The van der Waals surface area contributed by atoms with Crippen molar-refractivity contribution in [1.82, 2.24) is 15.5 Å². The standard InChI is InChI=1S/C10H16N4O2/c1-2-5-14(4-1)10-12-9(16-13-10)8-7-11-3-6-15-8/h8,11H,1-7H2. The number of nitrogens with one attached hydrogen (secondary N) is 1. The molecule has 2 aliphatic heterocycles. The van der Waals surface area contributed by atoms with Crippen LogP contribution in [-0.2, 0) is 4.74 Å². The van der Waals surface area contributed by atoms with Gasteiger partial charge in [-0.1, -0.05) is 0 Å². The summed E-state index contributed by atoms with van der Waals surface area (Å²) < 4.78 is 10.8. The van der Waals surface area contributed by atoms with Gasteiger partial charge in [0.2, 0.25) is 0 Å². The van der Waals surface area contributed by atoms with E-state index in [9.17, 15) is 0 Å². The van der Waals surface area contributed by atoms with Crippen LogP contribution >= 0.6 is 0 Å². The zero-order valence-corrected chi connectivity index (χ0v) is 9.19. The van der Waals surface area contributed by atoms with E-state index in [0.29, 0.717) is 18.4 Å². The van der Waals surface area contributed by atoms with Crippen LogP contribution in [0.5, 0.6) is 0 Å². The Hall–Kier alpha value is -1.14. The molecule has 0 aliphatic carbocycles. The third-order valence-electron chi connectivity index (χ3n) is 3.02. The monoisotopic (exact) mass is 224 g/mol. The number of hydrogen-bond donors (Lipinski definition) is 1. The van der Waals surface area contributed by atoms with Crippen molar-refractivity contribution in [2.75, 3.05) is 37.7 Å². The van der Waals surface area contributed by atoms with Crippen molar-refractivity contribution in [2.24, 2.45) is 0 Å². The summed E-state index contributed by atoms with van der Waals surface area (Å²) in [5, 5.41) is 7.25. The van der Waals surface area contributed by atoms with Crippen LogP contribution in [0, 0.1) is 0 Å². The van der Waals surface area contributed by atoms with E-state index in [-0.39, 0.29) is 6.10 Å². The lowest BCUT2D eigenvalue weighted by Crippen LogP contribution is -2.33. The van der Waals surface area contributed by atoms with E-state index in [4.69, 9.17) is 9.26 Å². The van der Waals surface area contributed by atoms with Crippen molar-refractivity contribution >= 4 is 5.95 Å². The molecule has 88 valence electrons. The molecule has 16 heavy (non-hydrogen) atoms. The molecule has 0 amide bonds. The van der Waals surface area contributed by atoms with Gasteiger partial charge in [-0.2, -0.15) is 4.98 Å². The molecule has 6 heteroatoms. The summed E-state index contributed by atoms with van der Waals surface area (Å²) in [5.41, 5.74) is 0. The summed E-state index contributed by atoms with van der Waals surface area (Å²) >= 11 is 0. The molecule has 1 aromatic heterocycles. The fourth-order valence-electron chi connectivity index (χ4n) is 2.13. The molecule has 0 aromatic carbocycles. The Morgan fingerprint density at radius 2 is 2.19 bits per heavy atom. The Kier molecular flexibility index (Phi) is 2.75. The Balaban J connectivity index is 1.71. The molecule has 2 fully saturated rings. The predicted molar refractivity (Wildman–Crippen MR) is 57.3 cm³/mol. The molecule has 3 rings (SSSR count). The Morgan fingerprint density at radius 3 is 2.94 bits per heavy atom. The number of aromatic nitrogens is 2. The molecule has 0 spiro atoms. The molecule has 6 nitrogen and oxygen atoms in total. The highest BCUT2D eigenvalue weighted by molar-refractivity contribution is 5.29. The van der Waals surface area contributed by atoms with Crippen LogP contribution < -0.4 is 10.2 Å². The summed E-state index contributed by atoms with van der Waals surface area (Å²) in [7, 11) is 0. The van der Waals surface area contributed by atoms with Crippen LogP contribution in [0.3, 0.4) is 0 Å². The van der Waals surface area contributed by atoms with Crippen LogP contribution in [0.1, 0.15) is 24.8 Å². The molecule has 2 aliphatic rings. The Morgan fingerprint density at radius 1 is 1.31 bits per heavy atom. The van der Waals surface area contributed by atoms with Crippen molar-refractivity contribution in [3.8, 4) is 0 Å². The lowest BCUT2D eigenvalue weighted by molar-refractivity contribution is 0.00755. The first-order valence-electron chi connectivity index (χ1n) is 5.84. The number of ether oxygens (including phenoxy) is 1. The van der Waals surface area contributed by atoms with Gasteiger partial charge < -0.3 is 19.5 Å². The molecule has 1 unspecified atom stereocenters. The third-order valence-corrected chi connectivity index (χ3v) is 3.02. The van der Waals surface area contributed by atoms with Gasteiger partial charge in [0.05, 0.1) is 6.61 Å². The van der Waals surface area contributed by atoms with E-state index in [1.54, 1.807) is 0 Å². The number of nitrogens with zero attached hydrogens (tertiary/aromatic N) is 3. The quantitative estimate of drug-likeness (QED) is 0.781. The van der Waals surface area contributed by atoms with E-state index in [1.165, 1.54) is 12.8 Å². The third kappa shape index (κ3) is 1.90. The van der Waals surface area contributed by atoms with Gasteiger partial charge in [0.15, 0.2) is 0 Å². The zero-order chi connectivity index (χ0) is 10.8. The molecule has 3 heterocycles. The largest absolute Gasteiger partial charge is 0.366 e. The van der Waals surface area contributed by atoms with Crippen LogP contribution in [0.25, 0.3) is 0 Å². The van der Waals surface area contributed by atoms with Crippen LogP contribution in [0.15, 0.2) is 4.52 Å². The highest BCUT2D eigenvalue weighted by Crippen LogP contribution is 2.21. The second-order valence-electron chi connectivity index (χ2n) is 4.19. The van der Waals surface area contributed by atoms with Gasteiger partial charge >= 0.3 is 0 Å². The second kappa shape index (κ2) is 4.39. The lowest BCUT2D eigenvalue weighted by atomic mass is 10.3.